The van der Waals surface area contributed by atoms with Gasteiger partial charge in [-0.2, -0.15) is 9.79 Å². The van der Waals surface area contributed by atoms with Crippen molar-refractivity contribution in [3.63, 3.8) is 0 Å². The molecule has 1 aliphatic rings. The highest BCUT2D eigenvalue weighted by atomic mass is 31.1. The van der Waals surface area contributed by atoms with Gasteiger partial charge in [-0.05, 0) is 27.7 Å². The second kappa shape index (κ2) is 12.2. The van der Waals surface area contributed by atoms with E-state index in [1.165, 1.54) is 0 Å². The van der Waals surface area contributed by atoms with Gasteiger partial charge in [0.1, 0.15) is 24.7 Å². The van der Waals surface area contributed by atoms with E-state index in [1.54, 1.807) is 0 Å². The number of para-hydroxylation sites is 2. The monoisotopic (exact) mass is 466 g/mol. The second-order valence-electron chi connectivity index (χ2n) is 7.36. The largest absolute Gasteiger partial charge is 0.521 e. The van der Waals surface area contributed by atoms with Crippen LogP contribution in [-0.2, 0) is 22.2 Å². The van der Waals surface area contributed by atoms with Gasteiger partial charge in [0.15, 0.2) is 0 Å². The maximum Gasteiger partial charge on any atom is 0.521 e. The minimum atomic E-state index is -2.32. The van der Waals surface area contributed by atoms with E-state index in [1.807, 2.05) is 58.3 Å². The van der Waals surface area contributed by atoms with Crippen LogP contribution in [0.2, 0.25) is 0 Å². The number of hydrogen-bond donors (Lipinski definition) is 2. The molecule has 0 aliphatic carbocycles. The number of ether oxygens (including phenoxy) is 2. The summed E-state index contributed by atoms with van der Waals surface area (Å²) in [5, 5.41) is 0. The summed E-state index contributed by atoms with van der Waals surface area (Å²) < 4.78 is 34.9. The van der Waals surface area contributed by atoms with E-state index in [0.717, 1.165) is 22.6 Å². The van der Waals surface area contributed by atoms with E-state index >= 15 is 0 Å². The van der Waals surface area contributed by atoms with Crippen molar-refractivity contribution in [1.82, 2.24) is 9.80 Å². The van der Waals surface area contributed by atoms with Gasteiger partial charge in [0.2, 0.25) is 12.6 Å². The fraction of sp³-hybridized carbons (Fsp3) is 0.429. The van der Waals surface area contributed by atoms with Crippen molar-refractivity contribution in [2.45, 2.75) is 19.5 Å². The molecule has 2 aromatic rings. The molecule has 2 unspecified atom stereocenters. The smallest absolute Gasteiger partial charge is 0.490 e. The Hall–Kier alpha value is -1.92. The molecule has 0 spiro atoms. The van der Waals surface area contributed by atoms with Gasteiger partial charge in [0, 0.05) is 37.3 Å². The summed E-state index contributed by atoms with van der Waals surface area (Å²) in [5.74, 6) is 1.46. The van der Waals surface area contributed by atoms with Crippen LogP contribution in [0.4, 0.5) is 0 Å². The molecular weight excluding hydrogens is 438 g/mol. The maximum absolute atomic E-state index is 11.5. The lowest BCUT2D eigenvalue weighted by Crippen LogP contribution is -2.29. The first-order chi connectivity index (χ1) is 15.0. The first-order valence-corrected chi connectivity index (χ1v) is 12.9. The SMILES string of the molecule is O=[P+](O)CN1CCCN(C[P+](=O)O)Cc2ccccc2OCCOc2ccccc2C1. The zero-order valence-electron chi connectivity index (χ0n) is 17.3. The lowest BCUT2D eigenvalue weighted by Gasteiger charge is -2.21. The average molecular weight is 466 g/mol. The van der Waals surface area contributed by atoms with Gasteiger partial charge in [0.25, 0.3) is 0 Å². The van der Waals surface area contributed by atoms with Crippen molar-refractivity contribution in [2.75, 3.05) is 38.9 Å². The Balaban J connectivity index is 1.84. The lowest BCUT2D eigenvalue weighted by atomic mass is 10.2. The van der Waals surface area contributed by atoms with Gasteiger partial charge in [-0.1, -0.05) is 36.4 Å². The van der Waals surface area contributed by atoms with Crippen LogP contribution < -0.4 is 9.47 Å². The Morgan fingerprint density at radius 2 is 1.16 bits per heavy atom. The van der Waals surface area contributed by atoms with Crippen LogP contribution in [0.15, 0.2) is 48.5 Å². The van der Waals surface area contributed by atoms with E-state index in [2.05, 4.69) is 0 Å². The van der Waals surface area contributed by atoms with Gasteiger partial charge >= 0.3 is 16.1 Å². The third kappa shape index (κ3) is 7.93. The summed E-state index contributed by atoms with van der Waals surface area (Å²) in [6.07, 6.45) is 0.798. The molecule has 3 rings (SSSR count). The molecular formula is C21H28N2O6P2+2. The number of benzene rings is 2. The summed E-state index contributed by atoms with van der Waals surface area (Å²) in [4.78, 5) is 22.8. The zero-order chi connectivity index (χ0) is 22.1. The standard InChI is InChI=1S/C21H26N2O6P2/c24-30(25)16-22-10-5-11-23(17-31(26)27)15-19-7-2-4-9-21(19)29-13-12-28-20-8-3-1-6-18(20)14-22/h1-4,6-9H,5,10-17H2/p+2. The molecule has 0 bridgehead atoms. The molecule has 2 atom stereocenters. The van der Waals surface area contributed by atoms with Crippen molar-refractivity contribution in [2.24, 2.45) is 0 Å². The maximum atomic E-state index is 11.5. The number of hydrogen-bond acceptors (Lipinski definition) is 6. The minimum absolute atomic E-state index is 0.0594. The van der Waals surface area contributed by atoms with Crippen LogP contribution in [-0.4, -0.2) is 58.5 Å². The Morgan fingerprint density at radius 3 is 1.58 bits per heavy atom. The first-order valence-electron chi connectivity index (χ1n) is 10.1. The van der Waals surface area contributed by atoms with Gasteiger partial charge in [-0.15, -0.1) is 0 Å². The van der Waals surface area contributed by atoms with E-state index in [-0.39, 0.29) is 12.6 Å². The van der Waals surface area contributed by atoms with E-state index in [9.17, 15) is 18.9 Å². The molecule has 0 amide bonds. The summed E-state index contributed by atoms with van der Waals surface area (Å²) >= 11 is 0. The van der Waals surface area contributed by atoms with Gasteiger partial charge in [0.05, 0.1) is 0 Å². The van der Waals surface area contributed by atoms with Crippen LogP contribution in [0.5, 0.6) is 11.5 Å². The Morgan fingerprint density at radius 1 is 0.742 bits per heavy atom. The highest BCUT2D eigenvalue weighted by Crippen LogP contribution is 2.26. The molecule has 166 valence electrons. The average Bonchev–Trinajstić information content (AvgIpc) is 2.72. The van der Waals surface area contributed by atoms with Crippen LogP contribution in [0.25, 0.3) is 0 Å². The fourth-order valence-electron chi connectivity index (χ4n) is 3.60. The van der Waals surface area contributed by atoms with Gasteiger partial charge < -0.3 is 9.47 Å². The minimum Gasteiger partial charge on any atom is -0.490 e. The summed E-state index contributed by atoms with van der Waals surface area (Å²) in [5.41, 5.74) is 1.87. The quantitative estimate of drug-likeness (QED) is 0.661. The molecule has 1 aliphatic heterocycles. The van der Waals surface area contributed by atoms with Crippen LogP contribution in [0.3, 0.4) is 0 Å². The zero-order valence-corrected chi connectivity index (χ0v) is 19.1. The molecule has 8 nitrogen and oxygen atoms in total. The molecule has 0 saturated heterocycles. The molecule has 0 saturated carbocycles. The van der Waals surface area contributed by atoms with Crippen molar-refractivity contribution in [3.8, 4) is 11.5 Å². The molecule has 31 heavy (non-hydrogen) atoms. The van der Waals surface area contributed by atoms with Crippen LogP contribution in [0.1, 0.15) is 17.5 Å². The molecule has 0 radical (unpaired) electrons. The van der Waals surface area contributed by atoms with E-state index in [4.69, 9.17) is 9.47 Å². The number of fused-ring (bicyclic) bond motifs is 2. The van der Waals surface area contributed by atoms with E-state index < -0.39 is 16.1 Å². The highest BCUT2D eigenvalue weighted by molar-refractivity contribution is 7.38. The van der Waals surface area contributed by atoms with Crippen LogP contribution >= 0.6 is 16.1 Å². The van der Waals surface area contributed by atoms with Gasteiger partial charge in [-0.25, -0.2) is 0 Å². The Bertz CT molecular complexity index is 826. The van der Waals surface area contributed by atoms with Crippen LogP contribution in [0, 0.1) is 0 Å². The molecule has 1 heterocycles. The van der Waals surface area contributed by atoms with Crippen molar-refractivity contribution < 1.29 is 28.4 Å². The summed E-state index contributed by atoms with van der Waals surface area (Å²) in [6, 6.07) is 15.3. The van der Waals surface area contributed by atoms with Gasteiger partial charge in [-0.3, -0.25) is 9.80 Å². The Labute approximate surface area is 184 Å². The normalized spacial score (nSPS) is 17.7. The highest BCUT2D eigenvalue weighted by Gasteiger charge is 2.23. The molecule has 2 aromatic carbocycles. The Kier molecular flexibility index (Phi) is 9.34. The third-order valence-corrected chi connectivity index (χ3v) is 6.21. The topological polar surface area (TPSA) is 99.5 Å². The first kappa shape index (κ1) is 23.7. The van der Waals surface area contributed by atoms with Crippen molar-refractivity contribution in [3.05, 3.63) is 59.7 Å². The van der Waals surface area contributed by atoms with Crippen molar-refractivity contribution in [1.29, 1.82) is 0 Å². The lowest BCUT2D eigenvalue weighted by molar-refractivity contribution is 0.211. The second-order valence-corrected chi connectivity index (χ2v) is 9.33. The third-order valence-electron chi connectivity index (χ3n) is 4.92. The predicted molar refractivity (Wildman–Crippen MR) is 119 cm³/mol. The predicted octanol–water partition coefficient (Wildman–Crippen LogP) is 3.54. The number of nitrogens with zero attached hydrogens (tertiary/aromatic N) is 2. The fourth-order valence-corrected chi connectivity index (χ4v) is 4.76. The number of rotatable bonds is 4. The summed E-state index contributed by atoms with van der Waals surface area (Å²) in [7, 11) is -4.64. The molecule has 0 aromatic heterocycles. The van der Waals surface area contributed by atoms with Crippen molar-refractivity contribution >= 4 is 16.1 Å². The van der Waals surface area contributed by atoms with E-state index in [0.29, 0.717) is 45.8 Å². The molecule has 2 N–H and O–H groups in total. The summed E-state index contributed by atoms with van der Waals surface area (Å²) in [6.45, 7) is 2.82. The molecule has 10 heteroatoms. The molecule has 0 fully saturated rings.